The van der Waals surface area contributed by atoms with E-state index in [1.54, 1.807) is 17.3 Å². The average Bonchev–Trinajstić information content (AvgIpc) is 3.03. The number of aromatic nitrogens is 1. The second-order valence-electron chi connectivity index (χ2n) is 6.10. The van der Waals surface area contributed by atoms with E-state index in [1.165, 1.54) is 6.07 Å². The number of nitrogens with two attached hydrogens (primary N) is 2. The summed E-state index contributed by atoms with van der Waals surface area (Å²) in [6.45, 7) is 0.474. The fraction of sp³-hybridized carbons (Fsp3) is 0.200. The predicted octanol–water partition coefficient (Wildman–Crippen LogP) is 0.478. The molecule has 148 valence electrons. The fourth-order valence-electron chi connectivity index (χ4n) is 3.18. The van der Waals surface area contributed by atoms with Crippen molar-refractivity contribution in [2.45, 2.75) is 16.2 Å². The van der Waals surface area contributed by atoms with Gasteiger partial charge < -0.3 is 10.6 Å². The van der Waals surface area contributed by atoms with Crippen LogP contribution in [-0.2, 0) is 26.3 Å². The van der Waals surface area contributed by atoms with E-state index in [0.717, 1.165) is 17.9 Å². The van der Waals surface area contributed by atoms with Crippen molar-refractivity contribution >= 4 is 37.1 Å². The minimum Gasteiger partial charge on any atom is -0.382 e. The van der Waals surface area contributed by atoms with Crippen LogP contribution in [-0.4, -0.2) is 40.5 Å². The smallest absolute Gasteiger partial charge is 0.240 e. The first kappa shape index (κ1) is 19.9. The average molecular weight is 423 g/mol. The number of anilines is 2. The van der Waals surface area contributed by atoms with Gasteiger partial charge >= 0.3 is 0 Å². The van der Waals surface area contributed by atoms with Crippen molar-refractivity contribution in [2.24, 2.45) is 21.2 Å². The summed E-state index contributed by atoms with van der Waals surface area (Å²) in [5.41, 5.74) is 14.5. The Balaban J connectivity index is 2.43. The summed E-state index contributed by atoms with van der Waals surface area (Å²) in [6, 6.07) is 4.42. The van der Waals surface area contributed by atoms with Crippen molar-refractivity contribution in [3.05, 3.63) is 41.7 Å². The van der Waals surface area contributed by atoms with E-state index in [4.69, 9.17) is 16.4 Å². The number of amidine groups is 1. The third-order valence-electron chi connectivity index (χ3n) is 4.27. The van der Waals surface area contributed by atoms with Gasteiger partial charge in [-0.1, -0.05) is 5.22 Å². The number of primary sulfonamides is 1. The minimum absolute atomic E-state index is 0.224. The number of nitrogens with zero attached hydrogens (tertiary/aromatic N) is 4. The van der Waals surface area contributed by atoms with Crippen molar-refractivity contribution in [1.29, 1.82) is 5.53 Å². The van der Waals surface area contributed by atoms with Gasteiger partial charge in [0.15, 0.2) is 15.7 Å². The molecule has 1 aromatic carbocycles. The molecule has 1 aliphatic heterocycles. The first-order valence-corrected chi connectivity index (χ1v) is 11.3. The zero-order valence-electron chi connectivity index (χ0n) is 14.7. The summed E-state index contributed by atoms with van der Waals surface area (Å²) in [6.07, 6.45) is 4.77. The summed E-state index contributed by atoms with van der Waals surface area (Å²) in [5.74, 6) is -0.447. The summed E-state index contributed by atoms with van der Waals surface area (Å²) in [4.78, 5) is 4.62. The molecule has 0 aliphatic carbocycles. The maximum absolute atomic E-state index is 12.3. The normalized spacial score (nSPS) is 14.8. The second-order valence-corrected chi connectivity index (χ2v) is 9.58. The van der Waals surface area contributed by atoms with Gasteiger partial charge in [0.2, 0.25) is 10.0 Å². The second kappa shape index (κ2) is 6.92. The largest absolute Gasteiger partial charge is 0.382 e. The lowest BCUT2D eigenvalue weighted by atomic mass is 10.1. The van der Waals surface area contributed by atoms with Crippen molar-refractivity contribution in [3.63, 3.8) is 0 Å². The molecular formula is C15H17N7O4S2. The van der Waals surface area contributed by atoms with Crippen LogP contribution in [0.15, 0.2) is 50.7 Å². The highest BCUT2D eigenvalue weighted by molar-refractivity contribution is 7.93. The molecule has 0 amide bonds. The molecule has 0 spiro atoms. The van der Waals surface area contributed by atoms with Crippen LogP contribution in [0.4, 0.5) is 11.4 Å². The quantitative estimate of drug-likeness (QED) is 0.270. The van der Waals surface area contributed by atoms with E-state index >= 15 is 0 Å². The van der Waals surface area contributed by atoms with Crippen molar-refractivity contribution in [3.8, 4) is 0 Å². The Morgan fingerprint density at radius 2 is 1.93 bits per heavy atom. The van der Waals surface area contributed by atoms with Gasteiger partial charge in [0.1, 0.15) is 4.90 Å². The fourth-order valence-corrected chi connectivity index (χ4v) is 5.58. The van der Waals surface area contributed by atoms with Gasteiger partial charge in [-0.15, -0.1) is 5.10 Å². The minimum atomic E-state index is -4.53. The van der Waals surface area contributed by atoms with Crippen LogP contribution in [0.25, 0.3) is 0 Å². The van der Waals surface area contributed by atoms with Crippen LogP contribution in [0.1, 0.15) is 11.1 Å². The lowest BCUT2D eigenvalue weighted by molar-refractivity contribution is 0.586. The molecule has 2 heterocycles. The van der Waals surface area contributed by atoms with Crippen LogP contribution in [0, 0.1) is 5.53 Å². The molecule has 0 saturated carbocycles. The lowest BCUT2D eigenvalue weighted by Crippen LogP contribution is -2.27. The first-order valence-electron chi connectivity index (χ1n) is 7.86. The molecular weight excluding hydrogens is 406 g/mol. The summed E-state index contributed by atoms with van der Waals surface area (Å²) in [7, 11) is -8.49. The number of hydrogen-bond donors (Lipinski definition) is 3. The zero-order valence-corrected chi connectivity index (χ0v) is 16.3. The van der Waals surface area contributed by atoms with Crippen molar-refractivity contribution < 1.29 is 16.8 Å². The van der Waals surface area contributed by atoms with Gasteiger partial charge in [-0.2, -0.15) is 5.53 Å². The highest BCUT2D eigenvalue weighted by Crippen LogP contribution is 2.39. The summed E-state index contributed by atoms with van der Waals surface area (Å²) in [5, 5.41) is 11.6. The predicted molar refractivity (Wildman–Crippen MR) is 102 cm³/mol. The molecule has 2 aromatic rings. The number of sulfonamides is 1. The van der Waals surface area contributed by atoms with E-state index in [0.29, 0.717) is 18.7 Å². The Kier molecular flexibility index (Phi) is 4.91. The van der Waals surface area contributed by atoms with E-state index < -0.39 is 35.5 Å². The molecule has 1 aliphatic rings. The van der Waals surface area contributed by atoms with Crippen LogP contribution in [0.3, 0.4) is 0 Å². The number of nitrogens with one attached hydrogen (secondary N) is 1. The highest BCUT2D eigenvalue weighted by Gasteiger charge is 2.32. The number of sulfone groups is 1. The number of pyridine rings is 1. The molecule has 3 rings (SSSR count). The van der Waals surface area contributed by atoms with E-state index in [2.05, 4.69) is 15.3 Å². The van der Waals surface area contributed by atoms with Gasteiger partial charge in [0.05, 0.1) is 28.0 Å². The van der Waals surface area contributed by atoms with Crippen molar-refractivity contribution in [2.75, 3.05) is 17.7 Å². The third-order valence-corrected chi connectivity index (χ3v) is 6.53. The van der Waals surface area contributed by atoms with Gasteiger partial charge in [-0.3, -0.25) is 4.98 Å². The molecule has 1 aromatic heterocycles. The standard InChI is InChI=1S/C15H17N7O4S2/c1-27(23,24)12-3-2-10(22-7-5-9-4-6-19-8-11(9)22)13(15(16)20-21-17)14(12)28(18,25)26/h2-4,6,8H,5,7H2,1H3,(H3,16,17,20)(H2,18,25,26). The molecule has 28 heavy (non-hydrogen) atoms. The number of hydrogen-bond acceptors (Lipinski definition) is 8. The number of rotatable bonds is 5. The van der Waals surface area contributed by atoms with Crippen LogP contribution < -0.4 is 15.8 Å². The number of benzene rings is 1. The molecule has 11 nitrogen and oxygen atoms in total. The van der Waals surface area contributed by atoms with E-state index in [-0.39, 0.29) is 11.3 Å². The third kappa shape index (κ3) is 3.46. The summed E-state index contributed by atoms with van der Waals surface area (Å²) < 4.78 is 49.0. The maximum atomic E-state index is 12.3. The maximum Gasteiger partial charge on any atom is 0.240 e. The Morgan fingerprint density at radius 1 is 1.21 bits per heavy atom. The number of fused-ring (bicyclic) bond motifs is 1. The van der Waals surface area contributed by atoms with Gasteiger partial charge in [-0.05, 0) is 30.2 Å². The zero-order chi connectivity index (χ0) is 20.7. The molecule has 13 heteroatoms. The molecule has 0 unspecified atom stereocenters. The van der Waals surface area contributed by atoms with Crippen LogP contribution >= 0.6 is 0 Å². The van der Waals surface area contributed by atoms with Gasteiger partial charge in [-0.25, -0.2) is 22.0 Å². The van der Waals surface area contributed by atoms with Gasteiger partial charge in [0.25, 0.3) is 0 Å². The molecule has 0 radical (unpaired) electrons. The Morgan fingerprint density at radius 3 is 2.54 bits per heavy atom. The summed E-state index contributed by atoms with van der Waals surface area (Å²) >= 11 is 0. The Labute approximate surface area is 161 Å². The molecule has 5 N–H and O–H groups in total. The molecule has 0 atom stereocenters. The Hall–Kier alpha value is -2.90. The molecule has 0 saturated heterocycles. The van der Waals surface area contributed by atoms with Crippen LogP contribution in [0.5, 0.6) is 0 Å². The monoisotopic (exact) mass is 423 g/mol. The highest BCUT2D eigenvalue weighted by atomic mass is 32.2. The molecule has 0 bridgehead atoms. The Bertz CT molecular complexity index is 1210. The first-order chi connectivity index (χ1) is 13.1. The van der Waals surface area contributed by atoms with Crippen LogP contribution in [0.2, 0.25) is 0 Å². The SMILES string of the molecule is CS(=O)(=O)c1ccc(N2CCc3ccncc32)c(/C(N)=N/N=N)c1S(N)(=O)=O. The van der Waals surface area contributed by atoms with Crippen molar-refractivity contribution in [1.82, 2.24) is 4.98 Å². The van der Waals surface area contributed by atoms with Gasteiger partial charge in [0, 0.05) is 19.0 Å². The van der Waals surface area contributed by atoms with E-state index in [9.17, 15) is 16.8 Å². The lowest BCUT2D eigenvalue weighted by Gasteiger charge is -2.24. The molecule has 0 fully saturated rings. The van der Waals surface area contributed by atoms with E-state index in [1.807, 2.05) is 6.07 Å². The topological polar surface area (TPSA) is 185 Å².